The molecule has 110 valence electrons. The average Bonchev–Trinajstić information content (AvgIpc) is 2.67. The summed E-state index contributed by atoms with van der Waals surface area (Å²) in [4.78, 5) is 14.4. The second-order valence-corrected chi connectivity index (χ2v) is 7.27. The highest BCUT2D eigenvalue weighted by molar-refractivity contribution is 8.01. The molecule has 0 radical (unpaired) electrons. The number of quaternary nitrogens is 1. The summed E-state index contributed by atoms with van der Waals surface area (Å²) in [6.07, 6.45) is 0. The van der Waals surface area contributed by atoms with Gasteiger partial charge in [-0.1, -0.05) is 29.8 Å². The Hall–Kier alpha value is -1.00. The summed E-state index contributed by atoms with van der Waals surface area (Å²) in [7, 11) is 0. The fraction of sp³-hybridized carbons (Fsp3) is 0.562. The maximum absolute atomic E-state index is 12.3. The zero-order valence-corrected chi connectivity index (χ0v) is 13.6. The van der Waals surface area contributed by atoms with Crippen molar-refractivity contribution in [3.8, 4) is 0 Å². The molecule has 1 aliphatic heterocycles. The summed E-state index contributed by atoms with van der Waals surface area (Å²) in [5, 5.41) is 2.53. The SMILES string of the molecule is Cc1ccc([C@@H]2S[C@H](C)C(=O)N2CC[NH2+]C(C)C)cc1. The molecule has 0 aromatic heterocycles. The number of amides is 1. The van der Waals surface area contributed by atoms with Crippen molar-refractivity contribution in [2.75, 3.05) is 13.1 Å². The minimum absolute atomic E-state index is 0.0698. The Morgan fingerprint density at radius 1 is 1.30 bits per heavy atom. The Kier molecular flexibility index (Phi) is 5.11. The first-order valence-corrected chi connectivity index (χ1v) is 8.29. The summed E-state index contributed by atoms with van der Waals surface area (Å²) in [5.41, 5.74) is 2.50. The lowest BCUT2D eigenvalue weighted by molar-refractivity contribution is -0.682. The van der Waals surface area contributed by atoms with Crippen LogP contribution in [0.3, 0.4) is 0 Å². The first-order chi connectivity index (χ1) is 9.49. The van der Waals surface area contributed by atoms with Crippen LogP contribution in [0.15, 0.2) is 24.3 Å². The van der Waals surface area contributed by atoms with Gasteiger partial charge < -0.3 is 10.2 Å². The van der Waals surface area contributed by atoms with Crippen molar-refractivity contribution in [2.45, 2.75) is 44.4 Å². The van der Waals surface area contributed by atoms with Gasteiger partial charge in [0.1, 0.15) is 5.37 Å². The van der Waals surface area contributed by atoms with Crippen LogP contribution in [0.2, 0.25) is 0 Å². The molecule has 0 spiro atoms. The van der Waals surface area contributed by atoms with Gasteiger partial charge in [0.05, 0.1) is 24.4 Å². The third-order valence-electron chi connectivity index (χ3n) is 3.62. The van der Waals surface area contributed by atoms with Gasteiger partial charge in [-0.25, -0.2) is 0 Å². The summed E-state index contributed by atoms with van der Waals surface area (Å²) in [5.74, 6) is 0.276. The summed E-state index contributed by atoms with van der Waals surface area (Å²) in [6.45, 7) is 10.3. The molecule has 0 bridgehead atoms. The van der Waals surface area contributed by atoms with E-state index in [1.807, 2.05) is 11.8 Å². The van der Waals surface area contributed by atoms with Gasteiger partial charge in [-0.3, -0.25) is 4.79 Å². The van der Waals surface area contributed by atoms with Crippen LogP contribution < -0.4 is 5.32 Å². The topological polar surface area (TPSA) is 36.9 Å². The summed E-state index contributed by atoms with van der Waals surface area (Å²) < 4.78 is 0. The van der Waals surface area contributed by atoms with E-state index in [2.05, 4.69) is 50.4 Å². The van der Waals surface area contributed by atoms with Crippen LogP contribution in [0, 0.1) is 6.92 Å². The number of nitrogens with zero attached hydrogens (tertiary/aromatic N) is 1. The van der Waals surface area contributed by atoms with E-state index in [1.165, 1.54) is 11.1 Å². The van der Waals surface area contributed by atoms with Gasteiger partial charge in [0.15, 0.2) is 0 Å². The Labute approximate surface area is 126 Å². The monoisotopic (exact) mass is 293 g/mol. The van der Waals surface area contributed by atoms with Gasteiger partial charge in [-0.2, -0.15) is 0 Å². The molecule has 20 heavy (non-hydrogen) atoms. The summed E-state index contributed by atoms with van der Waals surface area (Å²) in [6, 6.07) is 9.13. The predicted molar refractivity (Wildman–Crippen MR) is 84.6 cm³/mol. The lowest BCUT2D eigenvalue weighted by Gasteiger charge is -2.24. The van der Waals surface area contributed by atoms with Gasteiger partial charge in [-0.15, -0.1) is 11.8 Å². The van der Waals surface area contributed by atoms with Crippen molar-refractivity contribution in [1.29, 1.82) is 0 Å². The minimum atomic E-state index is 0.0698. The number of carbonyl (C=O) groups is 1. The van der Waals surface area contributed by atoms with Crippen molar-refractivity contribution in [1.82, 2.24) is 4.90 Å². The van der Waals surface area contributed by atoms with E-state index in [9.17, 15) is 4.79 Å². The van der Waals surface area contributed by atoms with E-state index in [4.69, 9.17) is 0 Å². The fourth-order valence-electron chi connectivity index (χ4n) is 2.44. The molecule has 1 aromatic carbocycles. The quantitative estimate of drug-likeness (QED) is 0.900. The van der Waals surface area contributed by atoms with E-state index < -0.39 is 0 Å². The third kappa shape index (κ3) is 3.55. The van der Waals surface area contributed by atoms with Crippen LogP contribution >= 0.6 is 11.8 Å². The molecule has 2 N–H and O–H groups in total. The molecule has 2 rings (SSSR count). The van der Waals surface area contributed by atoms with Crippen molar-refractivity contribution in [2.24, 2.45) is 0 Å². The number of carbonyl (C=O) groups excluding carboxylic acids is 1. The van der Waals surface area contributed by atoms with Crippen molar-refractivity contribution in [3.63, 3.8) is 0 Å². The number of nitrogens with two attached hydrogens (primary N) is 1. The molecule has 1 aromatic rings. The second kappa shape index (κ2) is 6.64. The highest BCUT2D eigenvalue weighted by Crippen LogP contribution is 2.42. The minimum Gasteiger partial charge on any atom is -0.343 e. The molecule has 0 unspecified atom stereocenters. The van der Waals surface area contributed by atoms with Gasteiger partial charge in [0.25, 0.3) is 0 Å². The smallest absolute Gasteiger partial charge is 0.236 e. The molecule has 3 nitrogen and oxygen atoms in total. The second-order valence-electron chi connectivity index (χ2n) is 5.84. The zero-order valence-electron chi connectivity index (χ0n) is 12.8. The van der Waals surface area contributed by atoms with Gasteiger partial charge in [0.2, 0.25) is 5.91 Å². The Bertz CT molecular complexity index is 458. The Morgan fingerprint density at radius 3 is 2.55 bits per heavy atom. The van der Waals surface area contributed by atoms with Crippen molar-refractivity contribution < 1.29 is 10.1 Å². The number of aryl methyl sites for hydroxylation is 1. The molecule has 0 aliphatic carbocycles. The number of rotatable bonds is 5. The first kappa shape index (κ1) is 15.4. The predicted octanol–water partition coefficient (Wildman–Crippen LogP) is 1.93. The van der Waals surface area contributed by atoms with E-state index in [1.54, 1.807) is 11.8 Å². The van der Waals surface area contributed by atoms with Gasteiger partial charge in [-0.05, 0) is 33.3 Å². The van der Waals surface area contributed by atoms with Gasteiger partial charge >= 0.3 is 0 Å². The van der Waals surface area contributed by atoms with Crippen LogP contribution in [0.25, 0.3) is 0 Å². The molecular weight excluding hydrogens is 268 g/mol. The lowest BCUT2D eigenvalue weighted by atomic mass is 10.1. The molecule has 1 amide bonds. The normalized spacial score (nSPS) is 22.9. The molecule has 1 aliphatic rings. The summed E-state index contributed by atoms with van der Waals surface area (Å²) >= 11 is 1.76. The van der Waals surface area contributed by atoms with E-state index >= 15 is 0 Å². The molecule has 1 saturated heterocycles. The van der Waals surface area contributed by atoms with Crippen molar-refractivity contribution >= 4 is 17.7 Å². The van der Waals surface area contributed by atoms with E-state index in [0.717, 1.165) is 13.1 Å². The zero-order chi connectivity index (χ0) is 14.7. The number of hydrogen-bond acceptors (Lipinski definition) is 2. The molecular formula is C16H25N2OS+. The maximum atomic E-state index is 12.3. The maximum Gasteiger partial charge on any atom is 0.236 e. The Balaban J connectivity index is 2.09. The molecule has 1 heterocycles. The fourth-order valence-corrected chi connectivity index (χ4v) is 3.75. The van der Waals surface area contributed by atoms with Crippen LogP contribution in [0.5, 0.6) is 0 Å². The highest BCUT2D eigenvalue weighted by Gasteiger charge is 2.38. The third-order valence-corrected chi connectivity index (χ3v) is 5.01. The van der Waals surface area contributed by atoms with E-state index in [0.29, 0.717) is 6.04 Å². The average molecular weight is 293 g/mol. The van der Waals surface area contributed by atoms with Crippen LogP contribution in [-0.4, -0.2) is 35.2 Å². The largest absolute Gasteiger partial charge is 0.343 e. The molecule has 2 atom stereocenters. The molecule has 0 saturated carbocycles. The van der Waals surface area contributed by atoms with E-state index in [-0.39, 0.29) is 16.5 Å². The van der Waals surface area contributed by atoms with Crippen LogP contribution in [-0.2, 0) is 4.79 Å². The molecule has 1 fully saturated rings. The van der Waals surface area contributed by atoms with Crippen LogP contribution in [0.1, 0.15) is 37.3 Å². The standard InChI is InChI=1S/C16H24N2OS/c1-11(2)17-9-10-18-15(19)13(4)20-16(18)14-7-5-12(3)6-8-14/h5-8,11,13,16-17H,9-10H2,1-4H3/p+1/t13-,16+/m1/s1. The highest BCUT2D eigenvalue weighted by atomic mass is 32.2. The number of hydrogen-bond donors (Lipinski definition) is 1. The van der Waals surface area contributed by atoms with Gasteiger partial charge in [0, 0.05) is 0 Å². The van der Waals surface area contributed by atoms with Crippen LogP contribution in [0.4, 0.5) is 0 Å². The Morgan fingerprint density at radius 2 is 1.95 bits per heavy atom. The van der Waals surface area contributed by atoms with Crippen molar-refractivity contribution in [3.05, 3.63) is 35.4 Å². The number of thioether (sulfide) groups is 1. The first-order valence-electron chi connectivity index (χ1n) is 7.35. The lowest BCUT2D eigenvalue weighted by Crippen LogP contribution is -2.89. The molecule has 4 heteroatoms. The number of benzene rings is 1.